The van der Waals surface area contributed by atoms with Gasteiger partial charge in [-0.3, -0.25) is 0 Å². The number of hydrogen-bond acceptors (Lipinski definition) is 3. The molecule has 0 fully saturated rings. The van der Waals surface area contributed by atoms with Crippen molar-refractivity contribution in [2.24, 2.45) is 0 Å². The van der Waals surface area contributed by atoms with E-state index in [9.17, 15) is 4.79 Å². The van der Waals surface area contributed by atoms with Gasteiger partial charge in [0.05, 0.1) is 0 Å². The van der Waals surface area contributed by atoms with Gasteiger partial charge >= 0.3 is 6.09 Å². The summed E-state index contributed by atoms with van der Waals surface area (Å²) in [6.07, 6.45) is 1.03. The number of nitrogens with one attached hydrogen (secondary N) is 1. The number of rotatable bonds is 3. The molecule has 1 heterocycles. The van der Waals surface area contributed by atoms with Gasteiger partial charge in [0, 0.05) is 6.54 Å². The molecule has 15 heavy (non-hydrogen) atoms. The molecule has 0 aliphatic heterocycles. The Balaban J connectivity index is 2.04. The first-order valence-corrected chi connectivity index (χ1v) is 4.54. The second-order valence-corrected chi connectivity index (χ2v) is 3.14. The van der Waals surface area contributed by atoms with Crippen LogP contribution in [0.5, 0.6) is 0 Å². The number of amides is 1. The van der Waals surface area contributed by atoms with Crippen molar-refractivity contribution in [2.75, 3.05) is 6.54 Å². The second-order valence-electron chi connectivity index (χ2n) is 3.14. The first kappa shape index (κ1) is 9.51. The third kappa shape index (κ3) is 2.25. The summed E-state index contributed by atoms with van der Waals surface area (Å²) in [6, 6.07) is 5.63. The predicted molar refractivity (Wildman–Crippen MR) is 53.7 cm³/mol. The van der Waals surface area contributed by atoms with E-state index in [0.717, 1.165) is 16.7 Å². The summed E-state index contributed by atoms with van der Waals surface area (Å²) in [5.41, 5.74) is 2.56. The van der Waals surface area contributed by atoms with Crippen molar-refractivity contribution in [3.05, 3.63) is 30.2 Å². The summed E-state index contributed by atoms with van der Waals surface area (Å²) in [5.74, 6) is 0. The molecule has 2 N–H and O–H groups in total. The van der Waals surface area contributed by atoms with Crippen LogP contribution in [0.15, 0.2) is 29.0 Å². The summed E-state index contributed by atoms with van der Waals surface area (Å²) in [4.78, 5) is 14.2. The van der Waals surface area contributed by atoms with E-state index in [-0.39, 0.29) is 0 Å². The van der Waals surface area contributed by atoms with E-state index in [1.54, 1.807) is 0 Å². The summed E-state index contributed by atoms with van der Waals surface area (Å²) >= 11 is 0. The second kappa shape index (κ2) is 4.00. The maximum Gasteiger partial charge on any atom is 0.404 e. The van der Waals surface area contributed by atoms with Crippen molar-refractivity contribution >= 4 is 17.2 Å². The van der Waals surface area contributed by atoms with Gasteiger partial charge in [-0.15, -0.1) is 0 Å². The van der Waals surface area contributed by atoms with E-state index in [1.807, 2.05) is 18.2 Å². The van der Waals surface area contributed by atoms with Gasteiger partial charge in [0.1, 0.15) is 5.52 Å². The molecule has 1 aromatic heterocycles. The van der Waals surface area contributed by atoms with E-state index in [2.05, 4.69) is 10.3 Å². The molecular weight excluding hydrogens is 196 g/mol. The lowest BCUT2D eigenvalue weighted by Crippen LogP contribution is -2.23. The Morgan fingerprint density at radius 1 is 1.53 bits per heavy atom. The van der Waals surface area contributed by atoms with Crippen LogP contribution in [0, 0.1) is 0 Å². The number of hydrogen-bond donors (Lipinski definition) is 2. The molecule has 0 aliphatic carbocycles. The van der Waals surface area contributed by atoms with Crippen LogP contribution in [0.1, 0.15) is 5.56 Å². The Hall–Kier alpha value is -2.04. The van der Waals surface area contributed by atoms with Crippen LogP contribution in [0.4, 0.5) is 4.79 Å². The van der Waals surface area contributed by atoms with Gasteiger partial charge < -0.3 is 14.8 Å². The third-order valence-corrected chi connectivity index (χ3v) is 2.09. The zero-order valence-electron chi connectivity index (χ0n) is 7.93. The van der Waals surface area contributed by atoms with Gasteiger partial charge in [-0.1, -0.05) is 6.07 Å². The molecule has 0 unspecified atom stereocenters. The van der Waals surface area contributed by atoms with Crippen LogP contribution < -0.4 is 5.32 Å². The fourth-order valence-corrected chi connectivity index (χ4v) is 1.37. The highest BCUT2D eigenvalue weighted by atomic mass is 16.4. The van der Waals surface area contributed by atoms with Crippen molar-refractivity contribution in [1.82, 2.24) is 10.3 Å². The molecule has 0 radical (unpaired) electrons. The van der Waals surface area contributed by atoms with E-state index >= 15 is 0 Å². The van der Waals surface area contributed by atoms with E-state index < -0.39 is 6.09 Å². The van der Waals surface area contributed by atoms with Crippen LogP contribution in [-0.2, 0) is 6.42 Å². The number of fused-ring (bicyclic) bond motifs is 1. The minimum absolute atomic E-state index is 0.398. The maximum absolute atomic E-state index is 10.2. The monoisotopic (exact) mass is 206 g/mol. The first-order chi connectivity index (χ1) is 7.25. The number of aromatic nitrogens is 1. The van der Waals surface area contributed by atoms with Gasteiger partial charge in [0.15, 0.2) is 12.0 Å². The number of oxazole rings is 1. The lowest BCUT2D eigenvalue weighted by molar-refractivity contribution is 0.194. The zero-order chi connectivity index (χ0) is 10.7. The third-order valence-electron chi connectivity index (χ3n) is 2.09. The minimum Gasteiger partial charge on any atom is -0.465 e. The van der Waals surface area contributed by atoms with Crippen molar-refractivity contribution in [2.45, 2.75) is 6.42 Å². The van der Waals surface area contributed by atoms with Gasteiger partial charge in [0.2, 0.25) is 0 Å². The summed E-state index contributed by atoms with van der Waals surface area (Å²) in [5, 5.41) is 10.7. The number of nitrogens with zero attached hydrogens (tertiary/aromatic N) is 1. The lowest BCUT2D eigenvalue weighted by Gasteiger charge is -2.00. The summed E-state index contributed by atoms with van der Waals surface area (Å²) in [6.45, 7) is 0.398. The van der Waals surface area contributed by atoms with E-state index in [0.29, 0.717) is 13.0 Å². The molecule has 5 nitrogen and oxygen atoms in total. The molecule has 0 spiro atoms. The smallest absolute Gasteiger partial charge is 0.404 e. The molecule has 2 rings (SSSR count). The fraction of sp³-hybridized carbons (Fsp3) is 0.200. The lowest BCUT2D eigenvalue weighted by atomic mass is 10.1. The van der Waals surface area contributed by atoms with E-state index in [4.69, 9.17) is 9.52 Å². The Morgan fingerprint density at radius 3 is 3.20 bits per heavy atom. The fourth-order valence-electron chi connectivity index (χ4n) is 1.37. The molecule has 5 heteroatoms. The quantitative estimate of drug-likeness (QED) is 0.800. The van der Waals surface area contributed by atoms with Crippen molar-refractivity contribution in [3.63, 3.8) is 0 Å². The highest BCUT2D eigenvalue weighted by Gasteiger charge is 2.00. The molecule has 78 valence electrons. The first-order valence-electron chi connectivity index (χ1n) is 4.54. The topological polar surface area (TPSA) is 75.4 Å². The van der Waals surface area contributed by atoms with Crippen LogP contribution in [0.3, 0.4) is 0 Å². The summed E-state index contributed by atoms with van der Waals surface area (Å²) < 4.78 is 5.14. The average molecular weight is 206 g/mol. The van der Waals surface area contributed by atoms with Gasteiger partial charge in [-0.2, -0.15) is 0 Å². The molecule has 0 saturated heterocycles. The largest absolute Gasteiger partial charge is 0.465 e. The zero-order valence-corrected chi connectivity index (χ0v) is 7.93. The Labute approximate surface area is 85.7 Å². The number of carbonyl (C=O) groups is 1. The Kier molecular flexibility index (Phi) is 2.53. The highest BCUT2D eigenvalue weighted by Crippen LogP contribution is 2.14. The molecular formula is C10H10N2O3. The SMILES string of the molecule is O=C(O)NCCc1ccc2ncoc2c1. The van der Waals surface area contributed by atoms with Crippen molar-refractivity contribution in [1.29, 1.82) is 0 Å². The van der Waals surface area contributed by atoms with Crippen LogP contribution >= 0.6 is 0 Å². The van der Waals surface area contributed by atoms with Gasteiger partial charge in [-0.25, -0.2) is 9.78 Å². The maximum atomic E-state index is 10.2. The summed E-state index contributed by atoms with van der Waals surface area (Å²) in [7, 11) is 0. The van der Waals surface area contributed by atoms with Crippen LogP contribution in [-0.4, -0.2) is 22.7 Å². The molecule has 0 atom stereocenters. The highest BCUT2D eigenvalue weighted by molar-refractivity contribution is 5.72. The predicted octanol–water partition coefficient (Wildman–Crippen LogP) is 1.64. The van der Waals surface area contributed by atoms with Gasteiger partial charge in [0.25, 0.3) is 0 Å². The number of carboxylic acid groups (broad SMARTS) is 1. The molecule has 0 saturated carbocycles. The Morgan fingerprint density at radius 2 is 2.40 bits per heavy atom. The number of benzene rings is 1. The standard InChI is InChI=1S/C10H10N2O3/c13-10(14)11-4-3-7-1-2-8-9(5-7)15-6-12-8/h1-2,5-6,11H,3-4H2,(H,13,14). The molecule has 2 aromatic rings. The molecule has 0 aliphatic rings. The van der Waals surface area contributed by atoms with Crippen molar-refractivity contribution < 1.29 is 14.3 Å². The molecule has 1 amide bonds. The van der Waals surface area contributed by atoms with E-state index in [1.165, 1.54) is 6.39 Å². The van der Waals surface area contributed by atoms with Crippen LogP contribution in [0.25, 0.3) is 11.1 Å². The van der Waals surface area contributed by atoms with Crippen molar-refractivity contribution in [3.8, 4) is 0 Å². The van der Waals surface area contributed by atoms with Crippen LogP contribution in [0.2, 0.25) is 0 Å². The van der Waals surface area contributed by atoms with Gasteiger partial charge in [-0.05, 0) is 24.1 Å². The average Bonchev–Trinajstić information content (AvgIpc) is 2.64. The molecule has 1 aromatic carbocycles. The normalized spacial score (nSPS) is 10.4. The minimum atomic E-state index is -1.00. The molecule has 0 bridgehead atoms. The Bertz CT molecular complexity index is 478.